The van der Waals surface area contributed by atoms with Crippen molar-refractivity contribution in [1.82, 2.24) is 10.6 Å². The molecule has 92 valence electrons. The average molecular weight is 230 g/mol. The first-order chi connectivity index (χ1) is 7.58. The molecule has 0 aromatic heterocycles. The lowest BCUT2D eigenvalue weighted by Gasteiger charge is -2.16. The second-order valence-electron chi connectivity index (χ2n) is 4.01. The smallest absolute Gasteiger partial charge is 0.315 e. The van der Waals surface area contributed by atoms with Gasteiger partial charge in [-0.3, -0.25) is 4.79 Å². The number of ether oxygens (including phenoxy) is 1. The fourth-order valence-corrected chi connectivity index (χ4v) is 1.51. The number of carboxylic acid groups (broad SMARTS) is 1. The summed E-state index contributed by atoms with van der Waals surface area (Å²) in [6.45, 7) is 3.02. The number of carbonyl (C=O) groups is 2. The van der Waals surface area contributed by atoms with Gasteiger partial charge in [0.25, 0.3) is 0 Å². The number of nitrogens with one attached hydrogen (secondary N) is 2. The van der Waals surface area contributed by atoms with E-state index in [9.17, 15) is 9.59 Å². The Morgan fingerprint density at radius 2 is 2.31 bits per heavy atom. The third-order valence-electron chi connectivity index (χ3n) is 2.43. The molecule has 6 heteroatoms. The topological polar surface area (TPSA) is 87.7 Å². The van der Waals surface area contributed by atoms with Crippen molar-refractivity contribution in [2.24, 2.45) is 0 Å². The summed E-state index contributed by atoms with van der Waals surface area (Å²) in [4.78, 5) is 21.8. The molecule has 2 atom stereocenters. The first-order valence-electron chi connectivity index (χ1n) is 5.44. The Labute approximate surface area is 94.3 Å². The minimum absolute atomic E-state index is 0.0635. The number of aliphatic carboxylic acids is 1. The van der Waals surface area contributed by atoms with Crippen LogP contribution < -0.4 is 10.6 Å². The number of urea groups is 1. The average Bonchev–Trinajstić information content (AvgIpc) is 2.67. The lowest BCUT2D eigenvalue weighted by molar-refractivity contribution is -0.137. The largest absolute Gasteiger partial charge is 0.481 e. The zero-order valence-electron chi connectivity index (χ0n) is 9.36. The fourth-order valence-electron chi connectivity index (χ4n) is 1.51. The van der Waals surface area contributed by atoms with Crippen LogP contribution in [0.15, 0.2) is 0 Å². The van der Waals surface area contributed by atoms with Crippen molar-refractivity contribution in [1.29, 1.82) is 0 Å². The molecule has 1 heterocycles. The molecule has 1 rings (SSSR count). The van der Waals surface area contributed by atoms with Crippen LogP contribution in [0.2, 0.25) is 0 Å². The van der Waals surface area contributed by atoms with Gasteiger partial charge in [0.05, 0.1) is 12.6 Å². The maximum Gasteiger partial charge on any atom is 0.315 e. The molecule has 2 unspecified atom stereocenters. The zero-order chi connectivity index (χ0) is 12.0. The number of hydrogen-bond donors (Lipinski definition) is 3. The second-order valence-corrected chi connectivity index (χ2v) is 4.01. The van der Waals surface area contributed by atoms with Gasteiger partial charge in [0.2, 0.25) is 0 Å². The summed E-state index contributed by atoms with van der Waals surface area (Å²) in [5.74, 6) is -0.849. The molecule has 1 aliphatic heterocycles. The first kappa shape index (κ1) is 12.8. The van der Waals surface area contributed by atoms with E-state index >= 15 is 0 Å². The number of rotatable bonds is 5. The summed E-state index contributed by atoms with van der Waals surface area (Å²) >= 11 is 0. The highest BCUT2D eigenvalue weighted by molar-refractivity contribution is 5.74. The summed E-state index contributed by atoms with van der Waals surface area (Å²) < 4.78 is 5.12. The van der Waals surface area contributed by atoms with Gasteiger partial charge in [0, 0.05) is 19.1 Å². The van der Waals surface area contributed by atoms with Crippen molar-refractivity contribution in [2.45, 2.75) is 38.3 Å². The molecule has 0 saturated carbocycles. The van der Waals surface area contributed by atoms with Gasteiger partial charge in [0.1, 0.15) is 0 Å². The fraction of sp³-hybridized carbons (Fsp3) is 0.800. The quantitative estimate of drug-likeness (QED) is 0.635. The normalized spacial score (nSPS) is 21.4. The summed E-state index contributed by atoms with van der Waals surface area (Å²) in [6, 6.07) is -0.321. The van der Waals surface area contributed by atoms with Gasteiger partial charge in [0.15, 0.2) is 0 Å². The Bertz CT molecular complexity index is 251. The van der Waals surface area contributed by atoms with Crippen molar-refractivity contribution in [3.05, 3.63) is 0 Å². The molecule has 1 saturated heterocycles. The lowest BCUT2D eigenvalue weighted by atomic mass is 10.2. The molecule has 3 N–H and O–H groups in total. The van der Waals surface area contributed by atoms with Gasteiger partial charge < -0.3 is 20.5 Å². The summed E-state index contributed by atoms with van der Waals surface area (Å²) in [5, 5.41) is 13.9. The SMILES string of the molecule is CC(CCC(=O)O)NC(=O)NC1CCOC1. The van der Waals surface area contributed by atoms with Gasteiger partial charge in [-0.25, -0.2) is 4.79 Å². The van der Waals surface area contributed by atoms with E-state index in [1.165, 1.54) is 0 Å². The van der Waals surface area contributed by atoms with Gasteiger partial charge >= 0.3 is 12.0 Å². The van der Waals surface area contributed by atoms with Crippen LogP contribution in [-0.4, -0.2) is 42.4 Å². The third-order valence-corrected chi connectivity index (χ3v) is 2.43. The molecule has 0 spiro atoms. The molecule has 1 aliphatic rings. The molecule has 16 heavy (non-hydrogen) atoms. The number of carboxylic acids is 1. The Balaban J connectivity index is 2.14. The van der Waals surface area contributed by atoms with E-state index in [0.717, 1.165) is 6.42 Å². The highest BCUT2D eigenvalue weighted by atomic mass is 16.5. The summed E-state index contributed by atoms with van der Waals surface area (Å²) in [5.41, 5.74) is 0. The number of carbonyl (C=O) groups excluding carboxylic acids is 1. The second kappa shape index (κ2) is 6.32. The predicted molar refractivity (Wildman–Crippen MR) is 57.2 cm³/mol. The van der Waals surface area contributed by atoms with Gasteiger partial charge in [-0.05, 0) is 19.8 Å². The maximum absolute atomic E-state index is 11.4. The monoisotopic (exact) mass is 230 g/mol. The molecule has 6 nitrogen and oxygen atoms in total. The zero-order valence-corrected chi connectivity index (χ0v) is 9.36. The standard InChI is InChI=1S/C10H18N2O4/c1-7(2-3-9(13)14)11-10(15)12-8-4-5-16-6-8/h7-8H,2-6H2,1H3,(H,13,14)(H2,11,12,15). The number of hydrogen-bond acceptors (Lipinski definition) is 3. The molecular formula is C10H18N2O4. The molecule has 1 fully saturated rings. The van der Waals surface area contributed by atoms with Gasteiger partial charge in [-0.15, -0.1) is 0 Å². The maximum atomic E-state index is 11.4. The Kier molecular flexibility index (Phi) is 5.04. The van der Waals surface area contributed by atoms with E-state index in [-0.39, 0.29) is 24.5 Å². The Morgan fingerprint density at radius 1 is 1.56 bits per heavy atom. The van der Waals surface area contributed by atoms with Crippen LogP contribution in [-0.2, 0) is 9.53 Å². The van der Waals surface area contributed by atoms with Crippen LogP contribution in [0.1, 0.15) is 26.2 Å². The Hall–Kier alpha value is -1.30. The first-order valence-corrected chi connectivity index (χ1v) is 5.44. The van der Waals surface area contributed by atoms with Gasteiger partial charge in [-0.2, -0.15) is 0 Å². The third kappa shape index (κ3) is 4.97. The molecule has 0 aromatic rings. The highest BCUT2D eigenvalue weighted by Crippen LogP contribution is 2.03. The minimum Gasteiger partial charge on any atom is -0.481 e. The van der Waals surface area contributed by atoms with Crippen molar-refractivity contribution < 1.29 is 19.4 Å². The molecule has 0 aromatic carbocycles. The van der Waals surface area contributed by atoms with E-state index in [0.29, 0.717) is 19.6 Å². The van der Waals surface area contributed by atoms with E-state index in [2.05, 4.69) is 10.6 Å². The van der Waals surface area contributed by atoms with Crippen LogP contribution in [0.3, 0.4) is 0 Å². The van der Waals surface area contributed by atoms with Crippen molar-refractivity contribution in [3.63, 3.8) is 0 Å². The number of amides is 2. The van der Waals surface area contributed by atoms with E-state index in [1.807, 2.05) is 0 Å². The molecule has 0 bridgehead atoms. The molecule has 2 amide bonds. The molecular weight excluding hydrogens is 212 g/mol. The van der Waals surface area contributed by atoms with Crippen LogP contribution in [0, 0.1) is 0 Å². The summed E-state index contributed by atoms with van der Waals surface area (Å²) in [7, 11) is 0. The molecule has 0 radical (unpaired) electrons. The lowest BCUT2D eigenvalue weighted by Crippen LogP contribution is -2.45. The van der Waals surface area contributed by atoms with Crippen molar-refractivity contribution in [3.8, 4) is 0 Å². The van der Waals surface area contributed by atoms with Crippen LogP contribution in [0.5, 0.6) is 0 Å². The van der Waals surface area contributed by atoms with E-state index in [4.69, 9.17) is 9.84 Å². The van der Waals surface area contributed by atoms with Crippen LogP contribution >= 0.6 is 0 Å². The highest BCUT2D eigenvalue weighted by Gasteiger charge is 2.18. The van der Waals surface area contributed by atoms with Gasteiger partial charge in [-0.1, -0.05) is 0 Å². The Morgan fingerprint density at radius 3 is 2.88 bits per heavy atom. The summed E-state index contributed by atoms with van der Waals surface area (Å²) in [6.07, 6.45) is 1.33. The van der Waals surface area contributed by atoms with E-state index in [1.54, 1.807) is 6.92 Å². The van der Waals surface area contributed by atoms with Crippen LogP contribution in [0.25, 0.3) is 0 Å². The van der Waals surface area contributed by atoms with Crippen molar-refractivity contribution >= 4 is 12.0 Å². The van der Waals surface area contributed by atoms with Crippen molar-refractivity contribution in [2.75, 3.05) is 13.2 Å². The predicted octanol–water partition coefficient (Wildman–Crippen LogP) is 0.328. The van der Waals surface area contributed by atoms with Crippen LogP contribution in [0.4, 0.5) is 4.79 Å². The minimum atomic E-state index is -0.849. The van der Waals surface area contributed by atoms with E-state index < -0.39 is 5.97 Å². The molecule has 0 aliphatic carbocycles.